The zero-order valence-electron chi connectivity index (χ0n) is 11.9. The van der Waals surface area contributed by atoms with Crippen LogP contribution in [0.1, 0.15) is 36.3 Å². The highest BCUT2D eigenvalue weighted by Gasteiger charge is 2.26. The Labute approximate surface area is 117 Å². The fraction of sp³-hybridized carbons (Fsp3) is 0.643. The number of carbonyl (C=O) groups excluding carboxylic acids is 1. The van der Waals surface area contributed by atoms with Crippen molar-refractivity contribution >= 4 is 11.9 Å². The summed E-state index contributed by atoms with van der Waals surface area (Å²) in [4.78, 5) is 24.7. The number of nitrogens with zero attached hydrogens (tertiary/aromatic N) is 2. The molecular formula is C14H20N2O4. The molecule has 1 aliphatic heterocycles. The lowest BCUT2D eigenvalue weighted by Crippen LogP contribution is -2.40. The molecule has 0 bridgehead atoms. The molecule has 1 saturated heterocycles. The summed E-state index contributed by atoms with van der Waals surface area (Å²) in [7, 11) is 0. The molecule has 0 spiro atoms. The molecule has 20 heavy (non-hydrogen) atoms. The van der Waals surface area contributed by atoms with Crippen LogP contribution in [0, 0.1) is 19.8 Å². The van der Waals surface area contributed by atoms with Gasteiger partial charge in [-0.1, -0.05) is 5.16 Å². The molecule has 1 aliphatic rings. The smallest absolute Gasteiger partial charge is 0.306 e. The number of likely N-dealkylation sites (tertiary alicyclic amines) is 1. The van der Waals surface area contributed by atoms with E-state index >= 15 is 0 Å². The van der Waals surface area contributed by atoms with Crippen molar-refractivity contribution in [3.63, 3.8) is 0 Å². The Morgan fingerprint density at radius 1 is 1.35 bits per heavy atom. The average molecular weight is 280 g/mol. The average Bonchev–Trinajstić information content (AvgIpc) is 2.75. The second-order valence-corrected chi connectivity index (χ2v) is 5.30. The van der Waals surface area contributed by atoms with Crippen LogP contribution < -0.4 is 0 Å². The van der Waals surface area contributed by atoms with Gasteiger partial charge in [0.2, 0.25) is 5.91 Å². The summed E-state index contributed by atoms with van der Waals surface area (Å²) in [5.74, 6) is -0.219. The fourth-order valence-corrected chi connectivity index (χ4v) is 2.62. The fourth-order valence-electron chi connectivity index (χ4n) is 2.62. The summed E-state index contributed by atoms with van der Waals surface area (Å²) in [6.07, 6.45) is 2.14. The molecule has 110 valence electrons. The third kappa shape index (κ3) is 3.18. The van der Waals surface area contributed by atoms with Crippen LogP contribution in [-0.4, -0.2) is 40.1 Å². The van der Waals surface area contributed by atoms with Gasteiger partial charge in [-0.05, 0) is 33.1 Å². The maximum Gasteiger partial charge on any atom is 0.306 e. The molecule has 1 amide bonds. The largest absolute Gasteiger partial charge is 0.481 e. The minimum atomic E-state index is -0.757. The van der Waals surface area contributed by atoms with Gasteiger partial charge in [-0.2, -0.15) is 0 Å². The van der Waals surface area contributed by atoms with E-state index in [1.54, 1.807) is 4.90 Å². The molecule has 1 aromatic heterocycles. The number of amides is 1. The van der Waals surface area contributed by atoms with Gasteiger partial charge in [-0.25, -0.2) is 0 Å². The minimum absolute atomic E-state index is 0.0776. The van der Waals surface area contributed by atoms with E-state index in [1.807, 2.05) is 13.8 Å². The highest BCUT2D eigenvalue weighted by Crippen LogP contribution is 2.19. The molecule has 0 atom stereocenters. The first-order valence-corrected chi connectivity index (χ1v) is 6.91. The van der Waals surface area contributed by atoms with Crippen LogP contribution in [0.15, 0.2) is 4.52 Å². The van der Waals surface area contributed by atoms with Crippen LogP contribution in [0.2, 0.25) is 0 Å². The quantitative estimate of drug-likeness (QED) is 0.904. The molecule has 1 fully saturated rings. The van der Waals surface area contributed by atoms with Crippen molar-refractivity contribution in [3.8, 4) is 0 Å². The molecule has 1 aromatic rings. The molecule has 0 radical (unpaired) electrons. The zero-order valence-corrected chi connectivity index (χ0v) is 11.9. The Bertz CT molecular complexity index is 482. The van der Waals surface area contributed by atoms with Crippen molar-refractivity contribution in [1.29, 1.82) is 0 Å². The SMILES string of the molecule is Cc1noc(C)c1CCC(=O)N1CCC(C(=O)O)CC1. The van der Waals surface area contributed by atoms with E-state index in [4.69, 9.17) is 9.63 Å². The maximum absolute atomic E-state index is 12.1. The topological polar surface area (TPSA) is 83.6 Å². The van der Waals surface area contributed by atoms with E-state index in [-0.39, 0.29) is 11.8 Å². The molecule has 2 heterocycles. The van der Waals surface area contributed by atoms with E-state index in [0.717, 1.165) is 17.0 Å². The number of aryl methyl sites for hydroxylation is 2. The normalized spacial score (nSPS) is 16.4. The Balaban J connectivity index is 1.83. The first-order chi connectivity index (χ1) is 9.49. The number of carboxylic acids is 1. The second-order valence-electron chi connectivity index (χ2n) is 5.30. The molecule has 6 nitrogen and oxygen atoms in total. The molecule has 1 N–H and O–H groups in total. The van der Waals surface area contributed by atoms with Crippen molar-refractivity contribution in [2.75, 3.05) is 13.1 Å². The Kier molecular flexibility index (Phi) is 4.42. The molecule has 2 rings (SSSR count). The van der Waals surface area contributed by atoms with Crippen molar-refractivity contribution in [3.05, 3.63) is 17.0 Å². The summed E-state index contributed by atoms with van der Waals surface area (Å²) >= 11 is 0. The molecular weight excluding hydrogens is 260 g/mol. The van der Waals surface area contributed by atoms with Crippen molar-refractivity contribution < 1.29 is 19.2 Å². The summed E-state index contributed by atoms with van der Waals surface area (Å²) in [6, 6.07) is 0. The van der Waals surface area contributed by atoms with Gasteiger partial charge in [-0.15, -0.1) is 0 Å². The predicted molar refractivity (Wildman–Crippen MR) is 71.2 cm³/mol. The maximum atomic E-state index is 12.1. The van der Waals surface area contributed by atoms with Gasteiger partial charge >= 0.3 is 5.97 Å². The lowest BCUT2D eigenvalue weighted by molar-refractivity contribution is -0.145. The molecule has 6 heteroatoms. The van der Waals surface area contributed by atoms with Crippen molar-refractivity contribution in [1.82, 2.24) is 10.1 Å². The van der Waals surface area contributed by atoms with Crippen LogP contribution in [0.3, 0.4) is 0 Å². The highest BCUT2D eigenvalue weighted by atomic mass is 16.5. The van der Waals surface area contributed by atoms with E-state index < -0.39 is 5.97 Å². The number of carbonyl (C=O) groups is 2. The first-order valence-electron chi connectivity index (χ1n) is 6.91. The number of carboxylic acid groups (broad SMARTS) is 1. The second kappa shape index (κ2) is 6.07. The van der Waals surface area contributed by atoms with Crippen molar-refractivity contribution in [2.45, 2.75) is 39.5 Å². The van der Waals surface area contributed by atoms with Gasteiger partial charge in [0.15, 0.2) is 0 Å². The monoisotopic (exact) mass is 280 g/mol. The summed E-state index contributed by atoms with van der Waals surface area (Å²) < 4.78 is 5.07. The molecule has 0 unspecified atom stereocenters. The van der Waals surface area contributed by atoms with Gasteiger partial charge in [0.05, 0.1) is 11.6 Å². The zero-order chi connectivity index (χ0) is 14.7. The van der Waals surface area contributed by atoms with E-state index in [2.05, 4.69) is 5.16 Å². The van der Waals surface area contributed by atoms with E-state index in [9.17, 15) is 9.59 Å². The molecule has 0 aromatic carbocycles. The number of aliphatic carboxylic acids is 1. The standard InChI is InChI=1S/C14H20N2O4/c1-9-12(10(2)20-15-9)3-4-13(17)16-7-5-11(6-8-16)14(18)19/h11H,3-8H2,1-2H3,(H,18,19). The Morgan fingerprint density at radius 3 is 2.50 bits per heavy atom. The molecule has 0 saturated carbocycles. The van der Waals surface area contributed by atoms with Crippen LogP contribution in [0.5, 0.6) is 0 Å². The van der Waals surface area contributed by atoms with Gasteiger partial charge in [0.1, 0.15) is 5.76 Å². The van der Waals surface area contributed by atoms with Gasteiger partial charge in [0.25, 0.3) is 0 Å². The van der Waals surface area contributed by atoms with Gasteiger partial charge in [0, 0.05) is 25.1 Å². The summed E-state index contributed by atoms with van der Waals surface area (Å²) in [5.41, 5.74) is 1.83. The third-order valence-corrected chi connectivity index (χ3v) is 3.97. The van der Waals surface area contributed by atoms with Crippen LogP contribution in [-0.2, 0) is 16.0 Å². The van der Waals surface area contributed by atoms with E-state index in [1.165, 1.54) is 0 Å². The highest BCUT2D eigenvalue weighted by molar-refractivity contribution is 5.77. The minimum Gasteiger partial charge on any atom is -0.481 e. The van der Waals surface area contributed by atoms with Gasteiger partial charge < -0.3 is 14.5 Å². The summed E-state index contributed by atoms with van der Waals surface area (Å²) in [5, 5.41) is 12.8. The van der Waals surface area contributed by atoms with Crippen LogP contribution in [0.4, 0.5) is 0 Å². The van der Waals surface area contributed by atoms with Gasteiger partial charge in [-0.3, -0.25) is 9.59 Å². The van der Waals surface area contributed by atoms with E-state index in [0.29, 0.717) is 38.8 Å². The Hall–Kier alpha value is -1.85. The predicted octanol–water partition coefficient (Wildman–Crippen LogP) is 1.55. The third-order valence-electron chi connectivity index (χ3n) is 3.97. The number of hydrogen-bond donors (Lipinski definition) is 1. The molecule has 0 aliphatic carbocycles. The Morgan fingerprint density at radius 2 is 2.00 bits per heavy atom. The van der Waals surface area contributed by atoms with Crippen LogP contribution >= 0.6 is 0 Å². The number of rotatable bonds is 4. The number of hydrogen-bond acceptors (Lipinski definition) is 4. The summed E-state index contributed by atoms with van der Waals surface area (Å²) in [6.45, 7) is 4.79. The first kappa shape index (κ1) is 14.6. The van der Waals surface area contributed by atoms with Crippen molar-refractivity contribution in [2.24, 2.45) is 5.92 Å². The van der Waals surface area contributed by atoms with Crippen LogP contribution in [0.25, 0.3) is 0 Å². The lowest BCUT2D eigenvalue weighted by Gasteiger charge is -2.30. The lowest BCUT2D eigenvalue weighted by atomic mass is 9.96. The number of piperidine rings is 1. The number of aromatic nitrogens is 1.